The summed E-state index contributed by atoms with van der Waals surface area (Å²) in [5.41, 5.74) is 5.32. The summed E-state index contributed by atoms with van der Waals surface area (Å²) in [6, 6.07) is 28.2. The maximum absolute atomic E-state index is 14.7. The Bertz CT molecular complexity index is 3290. The van der Waals surface area contributed by atoms with Crippen LogP contribution in [-0.4, -0.2) is 153 Å². The minimum atomic E-state index is -3.99. The van der Waals surface area contributed by atoms with Gasteiger partial charge in [-0.15, -0.1) is 11.6 Å². The number of carbonyl (C=O) groups is 2. The highest BCUT2D eigenvalue weighted by molar-refractivity contribution is 7.89. The molecule has 7 aromatic rings. The van der Waals surface area contributed by atoms with E-state index in [9.17, 15) is 38.4 Å². The van der Waals surface area contributed by atoms with Gasteiger partial charge in [-0.05, 0) is 116 Å². The van der Waals surface area contributed by atoms with Gasteiger partial charge >= 0.3 is 0 Å². The standard InChI is InChI=1S/C54H60ClN7O12S/c1-30(55)40-28-62(53(68)42-24-34-23-36(13-17-41(34)59-42)71-21-20-60(2)3)43-25-44(73-54-51(67)50(66)49(65)46(29-63)74-54)38-16-6-31(22-39(38)48(40)43)26-56-47(64)18-19-58-75(69,70)37-14-9-33(10-15-37)52-57-27-45(72-52)32-7-11-35(12-8-32)61(4)5/h6-17,22-25,27,30,40,46,49-51,54,58-59,63,65-67H,18-21,26,28-29H2,1-5H3,(H,56,64)/t30-,40+,46-,49+,50+,51-,54-/m1/s1. The van der Waals surface area contributed by atoms with Gasteiger partial charge < -0.3 is 64.1 Å². The van der Waals surface area contributed by atoms with Gasteiger partial charge in [-0.1, -0.05) is 12.1 Å². The zero-order valence-electron chi connectivity index (χ0n) is 41.9. The van der Waals surface area contributed by atoms with E-state index in [1.165, 1.54) is 12.1 Å². The number of aromatic amines is 1. The molecular weight excluding hydrogens is 1010 g/mol. The number of aliphatic hydroxyl groups is 4. The Labute approximate surface area is 438 Å². The normalized spacial score (nSPS) is 20.1. The van der Waals surface area contributed by atoms with Crippen molar-refractivity contribution in [3.05, 3.63) is 120 Å². The molecule has 0 unspecified atom stereocenters. The lowest BCUT2D eigenvalue weighted by molar-refractivity contribution is -0.277. The second-order valence-corrected chi connectivity index (χ2v) is 21.7. The van der Waals surface area contributed by atoms with Crippen molar-refractivity contribution in [2.24, 2.45) is 0 Å². The Morgan fingerprint density at radius 2 is 1.67 bits per heavy atom. The molecule has 4 heterocycles. The molecule has 7 atom stereocenters. The molecule has 1 fully saturated rings. The van der Waals surface area contributed by atoms with Crippen molar-refractivity contribution < 1.29 is 57.1 Å². The van der Waals surface area contributed by atoms with E-state index in [0.29, 0.717) is 57.3 Å². The molecule has 2 aliphatic heterocycles. The van der Waals surface area contributed by atoms with Gasteiger partial charge in [-0.3, -0.25) is 9.59 Å². The number of rotatable bonds is 19. The fourth-order valence-corrected chi connectivity index (χ4v) is 10.5. The first-order chi connectivity index (χ1) is 35.9. The zero-order chi connectivity index (χ0) is 53.3. The molecule has 21 heteroatoms. The van der Waals surface area contributed by atoms with E-state index in [4.69, 9.17) is 30.2 Å². The molecule has 0 aliphatic carbocycles. The number of oxazole rings is 1. The van der Waals surface area contributed by atoms with Gasteiger partial charge in [0.15, 0.2) is 5.76 Å². The van der Waals surface area contributed by atoms with Crippen molar-refractivity contribution in [1.29, 1.82) is 0 Å². The van der Waals surface area contributed by atoms with Gasteiger partial charge in [0.25, 0.3) is 5.91 Å². The van der Waals surface area contributed by atoms with E-state index < -0.39 is 64.5 Å². The molecule has 2 aromatic heterocycles. The first-order valence-electron chi connectivity index (χ1n) is 24.4. The number of alkyl halides is 1. The third-order valence-electron chi connectivity index (χ3n) is 13.5. The number of nitrogens with one attached hydrogen (secondary N) is 3. The summed E-state index contributed by atoms with van der Waals surface area (Å²) in [5, 5.41) is 46.4. The van der Waals surface area contributed by atoms with Crippen LogP contribution in [0.5, 0.6) is 11.5 Å². The van der Waals surface area contributed by atoms with E-state index in [-0.39, 0.29) is 42.6 Å². The molecule has 2 aliphatic rings. The number of aromatic nitrogens is 2. The molecule has 9 rings (SSSR count). The Balaban J connectivity index is 0.917. The molecular formula is C54H60ClN7O12S. The fraction of sp³-hybridized carbons (Fsp3) is 0.352. The first-order valence-corrected chi connectivity index (χ1v) is 26.3. The Morgan fingerprint density at radius 3 is 2.37 bits per heavy atom. The summed E-state index contributed by atoms with van der Waals surface area (Å²) < 4.78 is 53.0. The average molecular weight is 1070 g/mol. The molecule has 0 radical (unpaired) electrons. The number of H-pyrrole nitrogens is 1. The highest BCUT2D eigenvalue weighted by atomic mass is 35.5. The van der Waals surface area contributed by atoms with Crippen LogP contribution >= 0.6 is 11.6 Å². The second kappa shape index (κ2) is 22.3. The second-order valence-electron chi connectivity index (χ2n) is 19.2. The number of halogens is 1. The predicted octanol–water partition coefficient (Wildman–Crippen LogP) is 5.18. The number of likely N-dealkylation sites (N-methyl/N-ethyl adjacent to an activating group) is 1. The third-order valence-corrected chi connectivity index (χ3v) is 15.2. The van der Waals surface area contributed by atoms with Crippen LogP contribution in [0.15, 0.2) is 113 Å². The van der Waals surface area contributed by atoms with Crippen molar-refractivity contribution in [3.8, 4) is 34.3 Å². The monoisotopic (exact) mass is 1070 g/mol. The largest absolute Gasteiger partial charge is 0.492 e. The summed E-state index contributed by atoms with van der Waals surface area (Å²) in [4.78, 5) is 41.1. The maximum atomic E-state index is 14.7. The molecule has 0 bridgehead atoms. The lowest BCUT2D eigenvalue weighted by Crippen LogP contribution is -2.60. The summed E-state index contributed by atoms with van der Waals surface area (Å²) in [7, 11) is 3.84. The van der Waals surface area contributed by atoms with Gasteiger partial charge in [0.2, 0.25) is 28.1 Å². The average Bonchev–Trinajstić information content (AvgIpc) is 4.18. The number of ether oxygens (including phenoxy) is 3. The lowest BCUT2D eigenvalue weighted by Gasteiger charge is -2.39. The number of anilines is 2. The molecule has 1 saturated heterocycles. The molecule has 2 amide bonds. The predicted molar refractivity (Wildman–Crippen MR) is 284 cm³/mol. The van der Waals surface area contributed by atoms with Gasteiger partial charge in [0.1, 0.15) is 48.2 Å². The van der Waals surface area contributed by atoms with Crippen molar-refractivity contribution in [2.45, 2.75) is 66.8 Å². The summed E-state index contributed by atoms with van der Waals surface area (Å²) in [6.07, 6.45) is -6.40. The van der Waals surface area contributed by atoms with E-state index in [1.807, 2.05) is 93.4 Å². The van der Waals surface area contributed by atoms with Crippen molar-refractivity contribution in [1.82, 2.24) is 24.9 Å². The van der Waals surface area contributed by atoms with Gasteiger partial charge in [0.05, 0.1) is 23.4 Å². The maximum Gasteiger partial charge on any atom is 0.274 e. The number of sulfonamides is 1. The highest BCUT2D eigenvalue weighted by Crippen LogP contribution is 2.48. The van der Waals surface area contributed by atoms with Crippen LogP contribution in [-0.2, 0) is 26.1 Å². The number of fused-ring (bicyclic) bond motifs is 4. The minimum Gasteiger partial charge on any atom is -0.492 e. The molecule has 75 heavy (non-hydrogen) atoms. The lowest BCUT2D eigenvalue weighted by atomic mass is 9.91. The highest BCUT2D eigenvalue weighted by Gasteiger charge is 2.45. The van der Waals surface area contributed by atoms with Gasteiger partial charge in [-0.25, -0.2) is 18.1 Å². The summed E-state index contributed by atoms with van der Waals surface area (Å²) in [6.45, 7) is 2.41. The van der Waals surface area contributed by atoms with Gasteiger partial charge in [-0.2, -0.15) is 0 Å². The topological polar surface area (TPSA) is 252 Å². The van der Waals surface area contributed by atoms with Gasteiger partial charge in [0, 0.05) is 97.2 Å². The number of benzene rings is 5. The van der Waals surface area contributed by atoms with Crippen LogP contribution < -0.4 is 29.3 Å². The molecule has 7 N–H and O–H groups in total. The van der Waals surface area contributed by atoms with Crippen LogP contribution in [0.3, 0.4) is 0 Å². The zero-order valence-corrected chi connectivity index (χ0v) is 43.5. The van der Waals surface area contributed by atoms with Crippen molar-refractivity contribution in [3.63, 3.8) is 0 Å². The van der Waals surface area contributed by atoms with E-state index in [2.05, 4.69) is 20.0 Å². The number of aliphatic hydroxyl groups excluding tert-OH is 4. The molecule has 5 aromatic carbocycles. The summed E-state index contributed by atoms with van der Waals surface area (Å²) in [5.74, 6) is 0.522. The number of hydrogen-bond donors (Lipinski definition) is 7. The van der Waals surface area contributed by atoms with Crippen LogP contribution in [0.4, 0.5) is 11.4 Å². The molecule has 396 valence electrons. The van der Waals surface area contributed by atoms with Crippen LogP contribution in [0.1, 0.15) is 40.9 Å². The van der Waals surface area contributed by atoms with Crippen LogP contribution in [0.2, 0.25) is 0 Å². The quantitative estimate of drug-likeness (QED) is 0.0515. The first kappa shape index (κ1) is 53.2. The van der Waals surface area contributed by atoms with Crippen LogP contribution in [0.25, 0.3) is 44.5 Å². The number of hydrogen-bond acceptors (Lipinski definition) is 15. The number of nitrogens with zero attached hydrogens (tertiary/aromatic N) is 4. The summed E-state index contributed by atoms with van der Waals surface area (Å²) >= 11 is 6.94. The van der Waals surface area contributed by atoms with Crippen molar-refractivity contribution in [2.75, 3.05) is 70.8 Å². The molecule has 0 saturated carbocycles. The fourth-order valence-electron chi connectivity index (χ4n) is 9.23. The number of carbonyl (C=O) groups excluding carboxylic acids is 2. The molecule has 0 spiro atoms. The number of amides is 2. The Morgan fingerprint density at radius 1 is 0.920 bits per heavy atom. The van der Waals surface area contributed by atoms with E-state index in [1.54, 1.807) is 47.5 Å². The smallest absolute Gasteiger partial charge is 0.274 e. The minimum absolute atomic E-state index is 0.00203. The van der Waals surface area contributed by atoms with E-state index in [0.717, 1.165) is 34.3 Å². The van der Waals surface area contributed by atoms with E-state index >= 15 is 0 Å². The third kappa shape index (κ3) is 11.5. The molecule has 19 nitrogen and oxygen atoms in total. The van der Waals surface area contributed by atoms with Crippen molar-refractivity contribution >= 4 is 66.5 Å². The SMILES string of the molecule is C[C@@H](Cl)[C@@H]1CN(C(=O)c2cc3cc(OCCN(C)C)ccc3[nH]2)c2cc(O[C@@H]3O[C@H](CO)[C@H](O)[C@H](O)[C@H]3O)c3ccc(CNC(=O)CCNS(=O)(=O)c4ccc(-c5ncc(-c6ccc(N(C)C)cc6)o5)cc4)cc3c21. The Kier molecular flexibility index (Phi) is 15.8. The van der Waals surface area contributed by atoms with Crippen LogP contribution in [0, 0.1) is 0 Å². The Hall–Kier alpha value is -6.59.